The Morgan fingerprint density at radius 2 is 1.88 bits per heavy atom. The van der Waals surface area contributed by atoms with E-state index in [9.17, 15) is 8.42 Å². The summed E-state index contributed by atoms with van der Waals surface area (Å²) >= 11 is 0. The van der Waals surface area contributed by atoms with Crippen LogP contribution in [0, 0.1) is 0 Å². The van der Waals surface area contributed by atoms with E-state index < -0.39 is 10.0 Å². The van der Waals surface area contributed by atoms with Crippen molar-refractivity contribution >= 4 is 10.0 Å². The highest BCUT2D eigenvalue weighted by molar-refractivity contribution is 7.88. The van der Waals surface area contributed by atoms with Crippen LogP contribution in [0.3, 0.4) is 0 Å². The lowest BCUT2D eigenvalue weighted by Gasteiger charge is -2.30. The molecule has 5 heteroatoms. The Labute approximate surface area is 99.5 Å². The van der Waals surface area contributed by atoms with Crippen molar-refractivity contribution in [3.63, 3.8) is 0 Å². The van der Waals surface area contributed by atoms with Crippen molar-refractivity contribution in [2.75, 3.05) is 25.9 Å². The van der Waals surface area contributed by atoms with Crippen molar-refractivity contribution in [2.24, 2.45) is 0 Å². The van der Waals surface area contributed by atoms with Crippen LogP contribution in [-0.2, 0) is 10.0 Å². The van der Waals surface area contributed by atoms with E-state index in [1.54, 1.807) is 4.31 Å². The Morgan fingerprint density at radius 3 is 2.38 bits per heavy atom. The van der Waals surface area contributed by atoms with Gasteiger partial charge in [-0.25, -0.2) is 12.7 Å². The second-order valence-corrected chi connectivity index (χ2v) is 6.58. The fourth-order valence-corrected chi connectivity index (χ4v) is 2.95. The molecule has 4 nitrogen and oxygen atoms in total. The quantitative estimate of drug-likeness (QED) is 0.718. The number of hydrogen-bond acceptors (Lipinski definition) is 3. The molecule has 16 heavy (non-hydrogen) atoms. The first kappa shape index (κ1) is 13.9. The Kier molecular flexibility index (Phi) is 5.72. The van der Waals surface area contributed by atoms with Crippen molar-refractivity contribution in [1.29, 1.82) is 0 Å². The molecule has 0 bridgehead atoms. The lowest BCUT2D eigenvalue weighted by molar-refractivity contribution is 0.290. The molecule has 1 rings (SSSR count). The van der Waals surface area contributed by atoms with Gasteiger partial charge in [0.1, 0.15) is 0 Å². The van der Waals surface area contributed by atoms with E-state index in [0.717, 1.165) is 19.4 Å². The smallest absolute Gasteiger partial charge is 0.211 e. The minimum atomic E-state index is -2.97. The summed E-state index contributed by atoms with van der Waals surface area (Å²) in [5, 5.41) is 3.51. The van der Waals surface area contributed by atoms with Crippen LogP contribution >= 0.6 is 0 Å². The van der Waals surface area contributed by atoms with Gasteiger partial charge in [-0.05, 0) is 25.8 Å². The van der Waals surface area contributed by atoms with Crippen molar-refractivity contribution < 1.29 is 8.42 Å². The van der Waals surface area contributed by atoms with Gasteiger partial charge in [-0.15, -0.1) is 0 Å². The van der Waals surface area contributed by atoms with Crippen molar-refractivity contribution in [3.05, 3.63) is 0 Å². The largest absolute Gasteiger partial charge is 0.314 e. The maximum absolute atomic E-state index is 11.3. The van der Waals surface area contributed by atoms with Crippen LogP contribution in [0.2, 0.25) is 0 Å². The summed E-state index contributed by atoms with van der Waals surface area (Å²) in [4.78, 5) is 0. The Morgan fingerprint density at radius 1 is 1.25 bits per heavy atom. The number of nitrogens with one attached hydrogen (secondary N) is 1. The van der Waals surface area contributed by atoms with E-state index in [2.05, 4.69) is 12.2 Å². The lowest BCUT2D eigenvalue weighted by Crippen LogP contribution is -2.44. The molecule has 0 aromatic heterocycles. The number of sulfonamides is 1. The molecule has 1 N–H and O–H groups in total. The van der Waals surface area contributed by atoms with Crippen LogP contribution in [-0.4, -0.2) is 44.7 Å². The molecule has 0 amide bonds. The molecule has 1 aliphatic heterocycles. The Bertz CT molecular complexity index is 282. The fraction of sp³-hybridized carbons (Fsp3) is 1.00. The van der Waals surface area contributed by atoms with Gasteiger partial charge in [-0.2, -0.15) is 0 Å². The molecule has 0 unspecified atom stereocenters. The van der Waals surface area contributed by atoms with Crippen molar-refractivity contribution in [3.8, 4) is 0 Å². The third kappa shape index (κ3) is 4.80. The number of unbranched alkanes of at least 4 members (excludes halogenated alkanes) is 2. The van der Waals surface area contributed by atoms with Gasteiger partial charge in [-0.1, -0.05) is 19.8 Å². The molecule has 0 spiro atoms. The zero-order valence-corrected chi connectivity index (χ0v) is 11.2. The summed E-state index contributed by atoms with van der Waals surface area (Å²) in [6.07, 6.45) is 6.92. The zero-order chi connectivity index (χ0) is 12.0. The normalized spacial score (nSPS) is 20.1. The van der Waals surface area contributed by atoms with Crippen LogP contribution in [0.25, 0.3) is 0 Å². The highest BCUT2D eigenvalue weighted by Gasteiger charge is 2.24. The highest BCUT2D eigenvalue weighted by atomic mass is 32.2. The van der Waals surface area contributed by atoms with Gasteiger partial charge in [0, 0.05) is 19.1 Å². The molecule has 0 aromatic carbocycles. The van der Waals surface area contributed by atoms with Gasteiger partial charge in [0.2, 0.25) is 10.0 Å². The van der Waals surface area contributed by atoms with Crippen LogP contribution in [0.15, 0.2) is 0 Å². The third-order valence-electron chi connectivity index (χ3n) is 3.14. The van der Waals surface area contributed by atoms with Crippen LogP contribution in [0.4, 0.5) is 0 Å². The molecular formula is C11H24N2O2S. The van der Waals surface area contributed by atoms with Gasteiger partial charge in [0.15, 0.2) is 0 Å². The molecule has 1 heterocycles. The molecular weight excluding hydrogens is 224 g/mol. The summed E-state index contributed by atoms with van der Waals surface area (Å²) in [6.45, 7) is 4.61. The first-order valence-electron chi connectivity index (χ1n) is 6.22. The standard InChI is InChI=1S/C11H24N2O2S/c1-3-4-5-8-12-11-6-9-13(10-7-11)16(2,14)15/h11-12H,3-10H2,1-2H3. The molecule has 96 valence electrons. The lowest BCUT2D eigenvalue weighted by atomic mass is 10.1. The molecule has 1 saturated heterocycles. The van der Waals surface area contributed by atoms with E-state index in [1.165, 1.54) is 25.5 Å². The number of rotatable bonds is 6. The highest BCUT2D eigenvalue weighted by Crippen LogP contribution is 2.13. The van der Waals surface area contributed by atoms with Crippen LogP contribution in [0.5, 0.6) is 0 Å². The minimum Gasteiger partial charge on any atom is -0.314 e. The number of piperidine rings is 1. The average molecular weight is 248 g/mol. The predicted molar refractivity (Wildman–Crippen MR) is 67.0 cm³/mol. The van der Waals surface area contributed by atoms with Gasteiger partial charge in [0.05, 0.1) is 6.26 Å². The van der Waals surface area contributed by atoms with Gasteiger partial charge in [-0.3, -0.25) is 0 Å². The molecule has 0 atom stereocenters. The number of hydrogen-bond donors (Lipinski definition) is 1. The number of nitrogens with zero attached hydrogens (tertiary/aromatic N) is 1. The van der Waals surface area contributed by atoms with Crippen molar-refractivity contribution in [1.82, 2.24) is 9.62 Å². The van der Waals surface area contributed by atoms with Gasteiger partial charge in [0.25, 0.3) is 0 Å². The first-order chi connectivity index (χ1) is 7.54. The summed E-state index contributed by atoms with van der Waals surface area (Å²) < 4.78 is 24.2. The maximum atomic E-state index is 11.3. The Hall–Kier alpha value is -0.130. The first-order valence-corrected chi connectivity index (χ1v) is 8.07. The second-order valence-electron chi connectivity index (χ2n) is 4.60. The fourth-order valence-electron chi connectivity index (χ4n) is 2.07. The monoisotopic (exact) mass is 248 g/mol. The predicted octanol–water partition coefficient (Wildman–Crippen LogP) is 1.19. The molecule has 1 fully saturated rings. The zero-order valence-electron chi connectivity index (χ0n) is 10.4. The summed E-state index contributed by atoms with van der Waals surface area (Å²) in [7, 11) is -2.97. The van der Waals surface area contributed by atoms with Crippen molar-refractivity contribution in [2.45, 2.75) is 45.1 Å². The van der Waals surface area contributed by atoms with E-state index in [4.69, 9.17) is 0 Å². The SMILES string of the molecule is CCCCCNC1CCN(S(C)(=O)=O)CC1. The Balaban J connectivity index is 2.17. The van der Waals surface area contributed by atoms with Gasteiger partial charge >= 0.3 is 0 Å². The molecule has 0 aromatic rings. The minimum absolute atomic E-state index is 0.509. The maximum Gasteiger partial charge on any atom is 0.211 e. The van der Waals surface area contributed by atoms with E-state index in [1.807, 2.05) is 0 Å². The average Bonchev–Trinajstić information content (AvgIpc) is 2.24. The van der Waals surface area contributed by atoms with Gasteiger partial charge < -0.3 is 5.32 Å². The van der Waals surface area contributed by atoms with E-state index in [0.29, 0.717) is 19.1 Å². The molecule has 0 saturated carbocycles. The van der Waals surface area contributed by atoms with E-state index in [-0.39, 0.29) is 0 Å². The molecule has 0 aliphatic carbocycles. The summed E-state index contributed by atoms with van der Waals surface area (Å²) in [5.74, 6) is 0. The molecule has 1 aliphatic rings. The summed E-state index contributed by atoms with van der Waals surface area (Å²) in [5.41, 5.74) is 0. The van der Waals surface area contributed by atoms with Crippen LogP contribution < -0.4 is 5.32 Å². The molecule has 0 radical (unpaired) electrons. The van der Waals surface area contributed by atoms with E-state index >= 15 is 0 Å². The third-order valence-corrected chi connectivity index (χ3v) is 4.44. The second kappa shape index (κ2) is 6.57. The summed E-state index contributed by atoms with van der Waals surface area (Å²) in [6, 6.07) is 0.509. The van der Waals surface area contributed by atoms with Crippen LogP contribution in [0.1, 0.15) is 39.0 Å². The topological polar surface area (TPSA) is 49.4 Å².